The number of nitrogens with zero attached hydrogens (tertiary/aromatic N) is 3. The van der Waals surface area contributed by atoms with Gasteiger partial charge >= 0.3 is 12.0 Å². The number of aliphatic carboxylic acids is 1. The van der Waals surface area contributed by atoms with Crippen molar-refractivity contribution < 1.29 is 19.4 Å². The maximum Gasteiger partial charge on any atom is 0.320 e. The van der Waals surface area contributed by atoms with Crippen LogP contribution in [0.15, 0.2) is 54.7 Å². The molecule has 34 heavy (non-hydrogen) atoms. The van der Waals surface area contributed by atoms with E-state index in [1.807, 2.05) is 42.2 Å². The number of aromatic nitrogens is 2. The van der Waals surface area contributed by atoms with Crippen LogP contribution in [-0.2, 0) is 17.9 Å². The number of piperidine rings is 1. The van der Waals surface area contributed by atoms with Crippen molar-refractivity contribution in [1.82, 2.24) is 14.9 Å². The maximum atomic E-state index is 11.7. The third-order valence-electron chi connectivity index (χ3n) is 6.24. The first-order chi connectivity index (χ1) is 16.6. The first kappa shape index (κ1) is 23.7. The highest BCUT2D eigenvalue weighted by molar-refractivity contribution is 5.73. The molecule has 178 valence electrons. The van der Waals surface area contributed by atoms with Crippen LogP contribution >= 0.6 is 0 Å². The highest BCUT2D eigenvalue weighted by Crippen LogP contribution is 2.27. The number of likely N-dealkylation sites (tertiary alicyclic amines) is 1. The van der Waals surface area contributed by atoms with Crippen molar-refractivity contribution >= 4 is 5.97 Å². The van der Waals surface area contributed by atoms with Crippen LogP contribution in [-0.4, -0.2) is 45.1 Å². The van der Waals surface area contributed by atoms with E-state index >= 15 is 0 Å². The summed E-state index contributed by atoms with van der Waals surface area (Å²) >= 11 is 0. The summed E-state index contributed by atoms with van der Waals surface area (Å²) in [5, 5.41) is 9.57. The van der Waals surface area contributed by atoms with Crippen molar-refractivity contribution in [2.75, 3.05) is 13.2 Å². The number of rotatable bonds is 9. The predicted octanol–water partition coefficient (Wildman–Crippen LogP) is 4.87. The highest BCUT2D eigenvalue weighted by atomic mass is 16.5. The summed E-state index contributed by atoms with van der Waals surface area (Å²) < 4.78 is 11.7. The number of hydrogen-bond donors (Lipinski definition) is 1. The van der Waals surface area contributed by atoms with E-state index in [1.165, 1.54) is 11.1 Å². The standard InChI is InChI=1S/C27H31N3O4/c1-3-33-25-22(17-30-15-8-7-14-24(30)26(31)32)16-28-27(29-25)34-18-21-12-9-13-23(19(21)2)20-10-5-4-6-11-20/h4-6,9-13,16,24H,3,7-8,14-15,17-18H2,1-2H3,(H,31,32)/t24-/m0/s1. The highest BCUT2D eigenvalue weighted by Gasteiger charge is 2.29. The van der Waals surface area contributed by atoms with Crippen molar-refractivity contribution in [3.63, 3.8) is 0 Å². The molecule has 0 aliphatic carbocycles. The second-order valence-electron chi connectivity index (χ2n) is 8.48. The molecule has 3 aromatic rings. The van der Waals surface area contributed by atoms with Crippen LogP contribution in [0, 0.1) is 6.92 Å². The van der Waals surface area contributed by atoms with E-state index < -0.39 is 12.0 Å². The molecular formula is C27H31N3O4. The minimum Gasteiger partial charge on any atom is -0.480 e. The zero-order valence-corrected chi connectivity index (χ0v) is 19.7. The van der Waals surface area contributed by atoms with Crippen LogP contribution in [0.4, 0.5) is 0 Å². The van der Waals surface area contributed by atoms with E-state index in [0.29, 0.717) is 32.1 Å². The average molecular weight is 462 g/mol. The monoisotopic (exact) mass is 461 g/mol. The van der Waals surface area contributed by atoms with Gasteiger partial charge in [-0.2, -0.15) is 4.98 Å². The second-order valence-corrected chi connectivity index (χ2v) is 8.48. The molecule has 2 aromatic carbocycles. The molecule has 0 bridgehead atoms. The van der Waals surface area contributed by atoms with E-state index in [2.05, 4.69) is 35.1 Å². The summed E-state index contributed by atoms with van der Waals surface area (Å²) in [6.45, 7) is 5.94. The minimum atomic E-state index is -0.786. The lowest BCUT2D eigenvalue weighted by Gasteiger charge is -2.32. The molecule has 0 radical (unpaired) electrons. The van der Waals surface area contributed by atoms with Crippen molar-refractivity contribution in [2.45, 2.75) is 52.3 Å². The largest absolute Gasteiger partial charge is 0.480 e. The van der Waals surface area contributed by atoms with Gasteiger partial charge in [-0.05, 0) is 55.5 Å². The Bertz CT molecular complexity index is 1120. The molecule has 2 heterocycles. The number of carboxylic acid groups (broad SMARTS) is 1. The minimum absolute atomic E-state index is 0.241. The summed E-state index contributed by atoms with van der Waals surface area (Å²) in [6, 6.07) is 16.2. The molecule has 1 aliphatic heterocycles. The predicted molar refractivity (Wildman–Crippen MR) is 130 cm³/mol. The van der Waals surface area contributed by atoms with Crippen LogP contribution in [0.3, 0.4) is 0 Å². The van der Waals surface area contributed by atoms with Gasteiger partial charge in [-0.25, -0.2) is 4.98 Å². The van der Waals surface area contributed by atoms with Crippen molar-refractivity contribution in [3.8, 4) is 23.0 Å². The fourth-order valence-electron chi connectivity index (χ4n) is 4.41. The topological polar surface area (TPSA) is 84.8 Å². The Morgan fingerprint density at radius 3 is 2.68 bits per heavy atom. The fraction of sp³-hybridized carbons (Fsp3) is 0.370. The summed E-state index contributed by atoms with van der Waals surface area (Å²) in [5.41, 5.74) is 5.32. The fourth-order valence-corrected chi connectivity index (χ4v) is 4.41. The van der Waals surface area contributed by atoms with E-state index in [0.717, 1.165) is 36.1 Å². The summed E-state index contributed by atoms with van der Waals surface area (Å²) in [4.78, 5) is 22.5. The molecule has 1 aliphatic rings. The lowest BCUT2D eigenvalue weighted by atomic mass is 9.97. The third-order valence-corrected chi connectivity index (χ3v) is 6.24. The lowest BCUT2D eigenvalue weighted by molar-refractivity contribution is -0.144. The van der Waals surface area contributed by atoms with Gasteiger partial charge in [-0.3, -0.25) is 9.69 Å². The summed E-state index contributed by atoms with van der Waals surface area (Å²) in [7, 11) is 0. The van der Waals surface area contributed by atoms with E-state index in [4.69, 9.17) is 9.47 Å². The third kappa shape index (κ3) is 5.54. The molecule has 1 aromatic heterocycles. The van der Waals surface area contributed by atoms with E-state index in [9.17, 15) is 9.90 Å². The lowest BCUT2D eigenvalue weighted by Crippen LogP contribution is -2.44. The molecule has 1 atom stereocenters. The van der Waals surface area contributed by atoms with E-state index in [1.54, 1.807) is 6.20 Å². The first-order valence-corrected chi connectivity index (χ1v) is 11.8. The molecule has 0 amide bonds. The summed E-state index contributed by atoms with van der Waals surface area (Å²) in [5.74, 6) is -0.344. The van der Waals surface area contributed by atoms with Gasteiger partial charge in [0.1, 0.15) is 12.6 Å². The zero-order valence-electron chi connectivity index (χ0n) is 19.7. The summed E-state index contributed by atoms with van der Waals surface area (Å²) in [6.07, 6.45) is 4.26. The molecule has 1 fully saturated rings. The SMILES string of the molecule is CCOc1nc(OCc2cccc(-c3ccccc3)c2C)ncc1CN1CCCC[C@H]1C(=O)O. The Kier molecular flexibility index (Phi) is 7.75. The van der Waals surface area contributed by atoms with Crippen LogP contribution in [0.2, 0.25) is 0 Å². The average Bonchev–Trinajstić information content (AvgIpc) is 2.85. The molecule has 7 heteroatoms. The smallest absolute Gasteiger partial charge is 0.320 e. The van der Waals surface area contributed by atoms with Gasteiger partial charge in [-0.15, -0.1) is 0 Å². The molecule has 0 spiro atoms. The van der Waals surface area contributed by atoms with Crippen LogP contribution in [0.25, 0.3) is 11.1 Å². The Hall–Kier alpha value is -3.45. The van der Waals surface area contributed by atoms with Gasteiger partial charge in [0.2, 0.25) is 5.88 Å². The van der Waals surface area contributed by atoms with Gasteiger partial charge in [0, 0.05) is 18.3 Å². The Morgan fingerprint density at radius 2 is 1.91 bits per heavy atom. The molecule has 0 unspecified atom stereocenters. The Morgan fingerprint density at radius 1 is 1.09 bits per heavy atom. The normalized spacial score (nSPS) is 16.2. The molecule has 1 N–H and O–H groups in total. The Balaban J connectivity index is 1.49. The molecule has 0 saturated carbocycles. The molecule has 1 saturated heterocycles. The quantitative estimate of drug-likeness (QED) is 0.487. The van der Waals surface area contributed by atoms with Crippen molar-refractivity contribution in [1.29, 1.82) is 0 Å². The van der Waals surface area contributed by atoms with Crippen molar-refractivity contribution in [2.24, 2.45) is 0 Å². The zero-order chi connectivity index (χ0) is 23.9. The van der Waals surface area contributed by atoms with Gasteiger partial charge in [-0.1, -0.05) is 55.0 Å². The number of hydrogen-bond acceptors (Lipinski definition) is 6. The van der Waals surface area contributed by atoms with Crippen molar-refractivity contribution in [3.05, 3.63) is 71.4 Å². The Labute approximate surface area is 200 Å². The number of carbonyl (C=O) groups is 1. The maximum absolute atomic E-state index is 11.7. The molecule has 7 nitrogen and oxygen atoms in total. The van der Waals surface area contributed by atoms with E-state index in [-0.39, 0.29) is 6.01 Å². The van der Waals surface area contributed by atoms with Crippen LogP contribution in [0.1, 0.15) is 42.9 Å². The van der Waals surface area contributed by atoms with Crippen LogP contribution in [0.5, 0.6) is 11.9 Å². The number of benzene rings is 2. The molecule has 4 rings (SSSR count). The second kappa shape index (κ2) is 11.1. The number of carboxylic acids is 1. The van der Waals surface area contributed by atoms with Gasteiger partial charge in [0.05, 0.1) is 6.61 Å². The van der Waals surface area contributed by atoms with Gasteiger partial charge in [0.25, 0.3) is 0 Å². The first-order valence-electron chi connectivity index (χ1n) is 11.8. The van der Waals surface area contributed by atoms with Crippen LogP contribution < -0.4 is 9.47 Å². The molecular weight excluding hydrogens is 430 g/mol. The van der Waals surface area contributed by atoms with Gasteiger partial charge in [0.15, 0.2) is 0 Å². The number of ether oxygens (including phenoxy) is 2. The van der Waals surface area contributed by atoms with Gasteiger partial charge < -0.3 is 14.6 Å².